The molecule has 0 bridgehead atoms. The lowest BCUT2D eigenvalue weighted by Crippen LogP contribution is -2.20. The molecule has 0 unspecified atom stereocenters. The summed E-state index contributed by atoms with van der Waals surface area (Å²) in [6.45, 7) is 4.25. The van der Waals surface area contributed by atoms with Gasteiger partial charge in [-0.1, -0.05) is 19.4 Å². The lowest BCUT2D eigenvalue weighted by Gasteiger charge is -2.10. The fourth-order valence-corrected chi connectivity index (χ4v) is 2.23. The van der Waals surface area contributed by atoms with Crippen LogP contribution in [0.4, 0.5) is 0 Å². The van der Waals surface area contributed by atoms with Gasteiger partial charge in [0.1, 0.15) is 0 Å². The molecular weight excluding hydrogens is 156 g/mol. The van der Waals surface area contributed by atoms with Gasteiger partial charge in [0.05, 0.1) is 0 Å². The van der Waals surface area contributed by atoms with Crippen LogP contribution < -0.4 is 0 Å². The molecule has 0 rings (SSSR count). The molecule has 0 heterocycles. The van der Waals surface area contributed by atoms with Gasteiger partial charge < -0.3 is 8.85 Å². The fourth-order valence-electron chi connectivity index (χ4n) is 0.936. The topological polar surface area (TPSA) is 18.5 Å². The van der Waals surface area contributed by atoms with Crippen LogP contribution in [0.25, 0.3) is 0 Å². The van der Waals surface area contributed by atoms with Crippen molar-refractivity contribution in [2.24, 2.45) is 0 Å². The summed E-state index contributed by atoms with van der Waals surface area (Å²) < 4.78 is 10.4. The van der Waals surface area contributed by atoms with E-state index in [1.54, 1.807) is 14.2 Å². The normalized spacial score (nSPS) is 12.6. The zero-order valence-corrected chi connectivity index (χ0v) is 9.04. The van der Waals surface area contributed by atoms with Gasteiger partial charge in [0.15, 0.2) is 0 Å². The highest BCUT2D eigenvalue weighted by atomic mass is 28.3. The fraction of sp³-hybridized carbons (Fsp3) is 0.750. The molecule has 0 fully saturated rings. The third-order valence-corrected chi connectivity index (χ3v) is 3.39. The minimum atomic E-state index is -1.46. The second-order valence-corrected chi connectivity index (χ2v) is 5.06. The smallest absolute Gasteiger partial charge is 0.350 e. The van der Waals surface area contributed by atoms with Crippen molar-refractivity contribution in [3.05, 3.63) is 11.3 Å². The van der Waals surface area contributed by atoms with Crippen molar-refractivity contribution in [2.45, 2.75) is 26.7 Å². The van der Waals surface area contributed by atoms with Crippen molar-refractivity contribution in [1.29, 1.82) is 0 Å². The molecule has 66 valence electrons. The first kappa shape index (κ1) is 10.9. The number of hydrogen-bond donors (Lipinski definition) is 0. The van der Waals surface area contributed by atoms with Gasteiger partial charge >= 0.3 is 9.28 Å². The van der Waals surface area contributed by atoms with E-state index in [-0.39, 0.29) is 0 Å². The van der Waals surface area contributed by atoms with Crippen LogP contribution in [0.15, 0.2) is 11.3 Å². The summed E-state index contributed by atoms with van der Waals surface area (Å²) >= 11 is 0. The highest BCUT2D eigenvalue weighted by Gasteiger charge is 2.10. The van der Waals surface area contributed by atoms with Gasteiger partial charge in [-0.25, -0.2) is 0 Å². The quantitative estimate of drug-likeness (QED) is 0.592. The molecular formula is C8H18O2Si. The van der Waals surface area contributed by atoms with Crippen LogP contribution in [0.2, 0.25) is 0 Å². The number of hydrogen-bond acceptors (Lipinski definition) is 2. The molecule has 0 aliphatic heterocycles. The SMILES string of the molecule is CCCC=C(C)[SiH](OC)OC. The summed E-state index contributed by atoms with van der Waals surface area (Å²) in [4.78, 5) is 0. The summed E-state index contributed by atoms with van der Waals surface area (Å²) in [6, 6.07) is 0. The maximum atomic E-state index is 5.21. The molecule has 3 heteroatoms. The molecule has 0 aliphatic rings. The summed E-state index contributed by atoms with van der Waals surface area (Å²) in [5.74, 6) is 0. The van der Waals surface area contributed by atoms with Gasteiger partial charge in [-0.05, 0) is 18.5 Å². The molecule has 2 nitrogen and oxygen atoms in total. The second kappa shape index (κ2) is 6.58. The van der Waals surface area contributed by atoms with E-state index in [2.05, 4.69) is 19.9 Å². The molecule has 0 spiro atoms. The van der Waals surface area contributed by atoms with E-state index < -0.39 is 9.28 Å². The summed E-state index contributed by atoms with van der Waals surface area (Å²) in [7, 11) is 1.97. The van der Waals surface area contributed by atoms with Gasteiger partial charge in [0.25, 0.3) is 0 Å². The van der Waals surface area contributed by atoms with E-state index in [1.165, 1.54) is 11.6 Å². The van der Waals surface area contributed by atoms with Crippen LogP contribution in [0.3, 0.4) is 0 Å². The third-order valence-electron chi connectivity index (χ3n) is 1.55. The largest absolute Gasteiger partial charge is 0.397 e. The Labute approximate surface area is 71.1 Å². The van der Waals surface area contributed by atoms with Crippen molar-refractivity contribution in [3.63, 3.8) is 0 Å². The van der Waals surface area contributed by atoms with Crippen LogP contribution in [0.1, 0.15) is 26.7 Å². The van der Waals surface area contributed by atoms with Crippen molar-refractivity contribution in [1.82, 2.24) is 0 Å². The predicted molar refractivity (Wildman–Crippen MR) is 49.8 cm³/mol. The Balaban J connectivity index is 3.85. The molecule has 0 saturated carbocycles. The zero-order valence-electron chi connectivity index (χ0n) is 7.89. The predicted octanol–water partition coefficient (Wildman–Crippen LogP) is 1.79. The average molecular weight is 174 g/mol. The molecule has 0 amide bonds. The molecule has 0 aliphatic carbocycles. The number of rotatable bonds is 5. The number of allylic oxidation sites excluding steroid dienone is 2. The van der Waals surface area contributed by atoms with Crippen LogP contribution in [0, 0.1) is 0 Å². The summed E-state index contributed by atoms with van der Waals surface area (Å²) in [5.41, 5.74) is 0. The average Bonchev–Trinajstić information content (AvgIpc) is 2.03. The van der Waals surface area contributed by atoms with Gasteiger partial charge in [-0.2, -0.15) is 0 Å². The maximum Gasteiger partial charge on any atom is 0.350 e. The Morgan fingerprint density at radius 2 is 1.91 bits per heavy atom. The Morgan fingerprint density at radius 3 is 2.27 bits per heavy atom. The first-order valence-corrected chi connectivity index (χ1v) is 5.50. The molecule has 0 atom stereocenters. The molecule has 0 N–H and O–H groups in total. The highest BCUT2D eigenvalue weighted by Crippen LogP contribution is 2.03. The minimum absolute atomic E-state index is 1.13. The van der Waals surface area contributed by atoms with Gasteiger partial charge in [-0.15, -0.1) is 0 Å². The van der Waals surface area contributed by atoms with Crippen LogP contribution in [0.5, 0.6) is 0 Å². The minimum Gasteiger partial charge on any atom is -0.397 e. The molecule has 0 saturated heterocycles. The Morgan fingerprint density at radius 1 is 1.36 bits per heavy atom. The van der Waals surface area contributed by atoms with E-state index in [0.717, 1.165) is 6.42 Å². The molecule has 11 heavy (non-hydrogen) atoms. The number of unbranched alkanes of at least 4 members (excludes halogenated alkanes) is 1. The van der Waals surface area contributed by atoms with Crippen LogP contribution in [-0.4, -0.2) is 23.5 Å². The standard InChI is InChI=1S/C8H18O2Si/c1-5-6-7-8(2)11(9-3)10-4/h7,11H,5-6H2,1-4H3. The molecule has 0 radical (unpaired) electrons. The molecule has 0 aromatic carbocycles. The molecule has 0 aromatic rings. The van der Waals surface area contributed by atoms with Crippen LogP contribution in [-0.2, 0) is 8.85 Å². The van der Waals surface area contributed by atoms with Gasteiger partial charge in [-0.3, -0.25) is 0 Å². The van der Waals surface area contributed by atoms with Crippen molar-refractivity contribution < 1.29 is 8.85 Å². The van der Waals surface area contributed by atoms with Crippen LogP contribution >= 0.6 is 0 Å². The van der Waals surface area contributed by atoms with Crippen molar-refractivity contribution in [3.8, 4) is 0 Å². The highest BCUT2D eigenvalue weighted by molar-refractivity contribution is 6.53. The summed E-state index contributed by atoms with van der Waals surface area (Å²) in [6.07, 6.45) is 4.53. The van der Waals surface area contributed by atoms with Crippen molar-refractivity contribution in [2.75, 3.05) is 14.2 Å². The van der Waals surface area contributed by atoms with E-state index in [9.17, 15) is 0 Å². The van der Waals surface area contributed by atoms with Gasteiger partial charge in [0, 0.05) is 14.2 Å². The van der Waals surface area contributed by atoms with Crippen molar-refractivity contribution >= 4 is 9.28 Å². The van der Waals surface area contributed by atoms with E-state index >= 15 is 0 Å². The first-order chi connectivity index (χ1) is 5.26. The first-order valence-electron chi connectivity index (χ1n) is 3.98. The lowest BCUT2D eigenvalue weighted by atomic mass is 10.3. The third kappa shape index (κ3) is 4.34. The van der Waals surface area contributed by atoms with Gasteiger partial charge in [0.2, 0.25) is 0 Å². The van der Waals surface area contributed by atoms with E-state index in [1.807, 2.05) is 0 Å². The maximum absolute atomic E-state index is 5.21. The zero-order chi connectivity index (χ0) is 8.69. The second-order valence-electron chi connectivity index (χ2n) is 2.54. The molecule has 0 aromatic heterocycles. The Hall–Kier alpha value is -0.123. The summed E-state index contributed by atoms with van der Waals surface area (Å²) in [5, 5.41) is 1.29. The lowest BCUT2D eigenvalue weighted by molar-refractivity contribution is 0.287. The van der Waals surface area contributed by atoms with E-state index in [0.29, 0.717) is 0 Å². The van der Waals surface area contributed by atoms with E-state index in [4.69, 9.17) is 8.85 Å². The monoisotopic (exact) mass is 174 g/mol. The Kier molecular flexibility index (Phi) is 6.50. The Bertz CT molecular complexity index is 119.